The lowest BCUT2D eigenvalue weighted by Gasteiger charge is -2.36. The minimum atomic E-state index is -0.315. The summed E-state index contributed by atoms with van der Waals surface area (Å²) in [6, 6.07) is 3.44. The van der Waals surface area contributed by atoms with Gasteiger partial charge in [-0.25, -0.2) is 9.78 Å². The number of hydrogen-bond donors (Lipinski definition) is 0. The van der Waals surface area contributed by atoms with Gasteiger partial charge in [0.2, 0.25) is 0 Å². The third-order valence-corrected chi connectivity index (χ3v) is 3.12. The van der Waals surface area contributed by atoms with Gasteiger partial charge in [-0.1, -0.05) is 22.6 Å². The molecule has 0 bridgehead atoms. The fourth-order valence-corrected chi connectivity index (χ4v) is 2.40. The molecule has 1 aliphatic rings. The quantitative estimate of drug-likeness (QED) is 0.471. The second kappa shape index (κ2) is 4.34. The van der Waals surface area contributed by atoms with Gasteiger partial charge in [-0.2, -0.15) is 0 Å². The van der Waals surface area contributed by atoms with Crippen LogP contribution < -0.4 is 4.90 Å². The molecule has 0 unspecified atom stereocenters. The van der Waals surface area contributed by atoms with Crippen molar-refractivity contribution in [2.45, 2.75) is 3.92 Å². The van der Waals surface area contributed by atoms with E-state index in [1.54, 1.807) is 18.3 Å². The molecule has 1 aliphatic heterocycles. The van der Waals surface area contributed by atoms with Gasteiger partial charge in [0.25, 0.3) is 0 Å². The Morgan fingerprint density at radius 3 is 3.00 bits per heavy atom. The van der Waals surface area contributed by atoms with Crippen molar-refractivity contribution in [2.75, 3.05) is 25.1 Å². The van der Waals surface area contributed by atoms with Crippen molar-refractivity contribution < 1.29 is 9.53 Å². The predicted octanol–water partition coefficient (Wildman–Crippen LogP) is 1.49. The number of esters is 1. The number of halogens is 1. The van der Waals surface area contributed by atoms with Crippen LogP contribution in [0.2, 0.25) is 0 Å². The number of nitrogens with zero attached hydrogens (tertiary/aromatic N) is 2. The highest BCUT2D eigenvalue weighted by Crippen LogP contribution is 2.23. The van der Waals surface area contributed by atoms with Crippen LogP contribution in [-0.4, -0.2) is 35.1 Å². The summed E-state index contributed by atoms with van der Waals surface area (Å²) in [6.45, 7) is 2.00. The molecule has 0 radical (unpaired) electrons. The van der Waals surface area contributed by atoms with Crippen molar-refractivity contribution in [3.63, 3.8) is 0 Å². The monoisotopic (exact) mass is 318 g/mol. The molecule has 0 aromatic carbocycles. The predicted molar refractivity (Wildman–Crippen MR) is 65.6 cm³/mol. The molecule has 1 aromatic rings. The van der Waals surface area contributed by atoms with Crippen molar-refractivity contribution in [3.05, 3.63) is 23.9 Å². The number of ether oxygens (including phenoxy) is 1. The van der Waals surface area contributed by atoms with Crippen LogP contribution >= 0.6 is 22.6 Å². The molecule has 0 atom stereocenters. The molecular weight excluding hydrogens is 307 g/mol. The van der Waals surface area contributed by atoms with Gasteiger partial charge in [-0.15, -0.1) is 0 Å². The minimum Gasteiger partial charge on any atom is -0.465 e. The van der Waals surface area contributed by atoms with Crippen molar-refractivity contribution in [1.29, 1.82) is 0 Å². The highest BCUT2D eigenvalue weighted by Gasteiger charge is 2.25. The lowest BCUT2D eigenvalue weighted by molar-refractivity contribution is 0.0600. The average Bonchev–Trinajstić information content (AvgIpc) is 2.24. The van der Waals surface area contributed by atoms with Gasteiger partial charge in [0.1, 0.15) is 5.82 Å². The maximum Gasteiger partial charge on any atom is 0.338 e. The number of carbonyl (C=O) groups excluding carboxylic acids is 1. The molecule has 1 fully saturated rings. The summed E-state index contributed by atoms with van der Waals surface area (Å²) in [4.78, 5) is 17.7. The number of aromatic nitrogens is 1. The highest BCUT2D eigenvalue weighted by atomic mass is 127. The van der Waals surface area contributed by atoms with Gasteiger partial charge in [0.15, 0.2) is 0 Å². The SMILES string of the molecule is COC(=O)c1ccnc(N2CC(I)C2)c1. The molecular formula is C10H11IN2O2. The summed E-state index contributed by atoms with van der Waals surface area (Å²) in [7, 11) is 1.38. The molecule has 0 aliphatic carbocycles. The van der Waals surface area contributed by atoms with Crippen LogP contribution in [0.4, 0.5) is 5.82 Å². The summed E-state index contributed by atoms with van der Waals surface area (Å²) in [5.41, 5.74) is 0.555. The first kappa shape index (κ1) is 10.7. The van der Waals surface area contributed by atoms with E-state index in [2.05, 4.69) is 37.2 Å². The van der Waals surface area contributed by atoms with Crippen LogP contribution in [0.1, 0.15) is 10.4 Å². The van der Waals surface area contributed by atoms with E-state index in [-0.39, 0.29) is 5.97 Å². The zero-order valence-corrected chi connectivity index (χ0v) is 10.5. The topological polar surface area (TPSA) is 42.4 Å². The molecule has 1 aromatic heterocycles. The van der Waals surface area contributed by atoms with Gasteiger partial charge in [0.05, 0.1) is 12.7 Å². The van der Waals surface area contributed by atoms with E-state index in [4.69, 9.17) is 0 Å². The van der Waals surface area contributed by atoms with Gasteiger partial charge in [-0.3, -0.25) is 0 Å². The second-order valence-corrected chi connectivity index (χ2v) is 5.16. The molecule has 0 N–H and O–H groups in total. The largest absolute Gasteiger partial charge is 0.465 e. The maximum absolute atomic E-state index is 11.3. The summed E-state index contributed by atoms with van der Waals surface area (Å²) in [5, 5.41) is 0. The second-order valence-electron chi connectivity index (χ2n) is 3.40. The van der Waals surface area contributed by atoms with E-state index in [1.807, 2.05) is 0 Å². The third-order valence-electron chi connectivity index (χ3n) is 2.33. The zero-order valence-electron chi connectivity index (χ0n) is 8.31. The summed E-state index contributed by atoms with van der Waals surface area (Å²) >= 11 is 2.40. The number of rotatable bonds is 2. The molecule has 2 rings (SSSR count). The van der Waals surface area contributed by atoms with Crippen molar-refractivity contribution in [2.24, 2.45) is 0 Å². The Labute approximate surface area is 102 Å². The normalized spacial score (nSPS) is 16.0. The van der Waals surface area contributed by atoms with Crippen molar-refractivity contribution in [3.8, 4) is 0 Å². The standard InChI is InChI=1S/C10H11IN2O2/c1-15-10(14)7-2-3-12-9(4-7)13-5-8(11)6-13/h2-4,8H,5-6H2,1H3. The molecule has 0 spiro atoms. The third kappa shape index (κ3) is 2.22. The molecule has 5 heteroatoms. The van der Waals surface area contributed by atoms with Gasteiger partial charge in [-0.05, 0) is 12.1 Å². The molecule has 15 heavy (non-hydrogen) atoms. The number of methoxy groups -OCH3 is 1. The summed E-state index contributed by atoms with van der Waals surface area (Å²) < 4.78 is 5.34. The van der Waals surface area contributed by atoms with Crippen LogP contribution in [0.25, 0.3) is 0 Å². The Morgan fingerprint density at radius 1 is 1.67 bits per heavy atom. The fraction of sp³-hybridized carbons (Fsp3) is 0.400. The molecule has 0 saturated carbocycles. The number of alkyl halides is 1. The van der Waals surface area contributed by atoms with E-state index >= 15 is 0 Å². The molecule has 1 saturated heterocycles. The van der Waals surface area contributed by atoms with Crippen molar-refractivity contribution in [1.82, 2.24) is 4.98 Å². The van der Waals surface area contributed by atoms with E-state index in [1.165, 1.54) is 7.11 Å². The average molecular weight is 318 g/mol. The van der Waals surface area contributed by atoms with Crippen molar-refractivity contribution >= 4 is 34.4 Å². The van der Waals surface area contributed by atoms with E-state index in [9.17, 15) is 4.79 Å². The minimum absolute atomic E-state index is 0.315. The van der Waals surface area contributed by atoms with Gasteiger partial charge >= 0.3 is 5.97 Å². The molecule has 2 heterocycles. The highest BCUT2D eigenvalue weighted by molar-refractivity contribution is 14.1. The lowest BCUT2D eigenvalue weighted by atomic mass is 10.2. The maximum atomic E-state index is 11.3. The van der Waals surface area contributed by atoms with Crippen LogP contribution in [-0.2, 0) is 4.74 Å². The van der Waals surface area contributed by atoms with E-state index < -0.39 is 0 Å². The molecule has 4 nitrogen and oxygen atoms in total. The Bertz CT molecular complexity index is 377. The zero-order chi connectivity index (χ0) is 10.8. The fourth-order valence-electron chi connectivity index (χ4n) is 1.45. The first-order chi connectivity index (χ1) is 7.20. The van der Waals surface area contributed by atoms with Gasteiger partial charge in [0, 0.05) is 23.2 Å². The van der Waals surface area contributed by atoms with Crippen LogP contribution in [0.5, 0.6) is 0 Å². The molecule has 80 valence electrons. The Hall–Kier alpha value is -0.850. The number of hydrogen-bond acceptors (Lipinski definition) is 4. The Morgan fingerprint density at radius 2 is 2.40 bits per heavy atom. The van der Waals surface area contributed by atoms with Crippen LogP contribution in [0.3, 0.4) is 0 Å². The Kier molecular flexibility index (Phi) is 3.08. The number of pyridine rings is 1. The van der Waals surface area contributed by atoms with Crippen LogP contribution in [0.15, 0.2) is 18.3 Å². The van der Waals surface area contributed by atoms with E-state index in [0.717, 1.165) is 18.9 Å². The van der Waals surface area contributed by atoms with Crippen LogP contribution in [0, 0.1) is 0 Å². The van der Waals surface area contributed by atoms with E-state index in [0.29, 0.717) is 9.49 Å². The number of anilines is 1. The Balaban J connectivity index is 2.16. The molecule has 0 amide bonds. The summed E-state index contributed by atoms with van der Waals surface area (Å²) in [6.07, 6.45) is 1.64. The first-order valence-electron chi connectivity index (χ1n) is 4.64. The summed E-state index contributed by atoms with van der Waals surface area (Å²) in [5.74, 6) is 0.538. The first-order valence-corrected chi connectivity index (χ1v) is 5.88. The van der Waals surface area contributed by atoms with Gasteiger partial charge < -0.3 is 9.64 Å². The lowest BCUT2D eigenvalue weighted by Crippen LogP contribution is -2.47. The smallest absolute Gasteiger partial charge is 0.338 e. The number of carbonyl (C=O) groups is 1.